The van der Waals surface area contributed by atoms with Gasteiger partial charge >= 0.3 is 5.97 Å². The molecule has 0 spiro atoms. The smallest absolute Gasteiger partial charge is 0.346 e. The van der Waals surface area contributed by atoms with Crippen molar-refractivity contribution in [3.05, 3.63) is 63.6 Å². The zero-order chi connectivity index (χ0) is 16.1. The molecule has 4 nitrogen and oxygen atoms in total. The molecule has 1 N–H and O–H groups in total. The van der Waals surface area contributed by atoms with Crippen molar-refractivity contribution in [3.63, 3.8) is 0 Å². The third kappa shape index (κ3) is 4.01. The van der Waals surface area contributed by atoms with E-state index < -0.39 is 5.97 Å². The van der Waals surface area contributed by atoms with Gasteiger partial charge in [0.25, 0.3) is 0 Å². The maximum atomic E-state index is 10.8. The summed E-state index contributed by atoms with van der Waals surface area (Å²) >= 11 is 11.7. The Kier molecular flexibility index (Phi) is 5.05. The highest BCUT2D eigenvalue weighted by atomic mass is 35.5. The average molecular weight is 334 g/mol. The number of nitriles is 1. The lowest BCUT2D eigenvalue weighted by Crippen LogP contribution is -1.97. The highest BCUT2D eigenvalue weighted by Crippen LogP contribution is 2.29. The summed E-state index contributed by atoms with van der Waals surface area (Å²) in [6.07, 6.45) is 1.27. The van der Waals surface area contributed by atoms with Crippen LogP contribution in [0.1, 0.15) is 5.56 Å². The molecule has 2 aromatic rings. The number of nitrogens with zero attached hydrogens (tertiary/aromatic N) is 1. The molecule has 0 heterocycles. The summed E-state index contributed by atoms with van der Waals surface area (Å²) in [6, 6.07) is 13.1. The molecule has 2 aromatic carbocycles. The molecule has 2 rings (SSSR count). The third-order valence-corrected chi connectivity index (χ3v) is 3.39. The first-order valence-corrected chi connectivity index (χ1v) is 6.83. The fraction of sp³-hybridized carbons (Fsp3) is 0. The van der Waals surface area contributed by atoms with Crippen molar-refractivity contribution >= 4 is 35.2 Å². The number of hydrogen-bond acceptors (Lipinski definition) is 3. The van der Waals surface area contributed by atoms with E-state index in [0.717, 1.165) is 0 Å². The normalized spacial score (nSPS) is 10.9. The molecular formula is C16H9Cl2NO3. The van der Waals surface area contributed by atoms with E-state index in [4.69, 9.17) is 38.3 Å². The lowest BCUT2D eigenvalue weighted by molar-refractivity contribution is -0.132. The molecule has 0 radical (unpaired) electrons. The number of aliphatic carboxylic acids is 1. The Morgan fingerprint density at radius 1 is 1.14 bits per heavy atom. The number of benzene rings is 2. The predicted octanol–water partition coefficient (Wildman–Crippen LogP) is 4.78. The van der Waals surface area contributed by atoms with Gasteiger partial charge in [0, 0.05) is 6.07 Å². The lowest BCUT2D eigenvalue weighted by atomic mass is 10.1. The van der Waals surface area contributed by atoms with Crippen LogP contribution in [0.15, 0.2) is 48.0 Å². The number of carboxylic acid groups (broad SMARTS) is 1. The maximum Gasteiger partial charge on any atom is 0.346 e. The molecule has 0 fully saturated rings. The van der Waals surface area contributed by atoms with Gasteiger partial charge in [-0.25, -0.2) is 4.79 Å². The van der Waals surface area contributed by atoms with E-state index in [9.17, 15) is 4.79 Å². The zero-order valence-electron chi connectivity index (χ0n) is 11.1. The minimum Gasteiger partial charge on any atom is -0.477 e. The molecule has 22 heavy (non-hydrogen) atoms. The number of ether oxygens (including phenoxy) is 1. The molecule has 0 atom stereocenters. The van der Waals surface area contributed by atoms with E-state index in [1.165, 1.54) is 6.08 Å². The lowest BCUT2D eigenvalue weighted by Gasteiger charge is -2.07. The van der Waals surface area contributed by atoms with Gasteiger partial charge in [0.2, 0.25) is 0 Å². The van der Waals surface area contributed by atoms with E-state index in [0.29, 0.717) is 27.1 Å². The van der Waals surface area contributed by atoms with E-state index >= 15 is 0 Å². The quantitative estimate of drug-likeness (QED) is 0.645. The van der Waals surface area contributed by atoms with E-state index in [1.807, 2.05) is 0 Å². The van der Waals surface area contributed by atoms with Gasteiger partial charge in [0.15, 0.2) is 0 Å². The van der Waals surface area contributed by atoms with Crippen LogP contribution in [0.2, 0.25) is 10.0 Å². The predicted molar refractivity (Wildman–Crippen MR) is 84.2 cm³/mol. The van der Waals surface area contributed by atoms with Crippen LogP contribution in [-0.2, 0) is 4.79 Å². The Balaban J connectivity index is 2.27. The zero-order valence-corrected chi connectivity index (χ0v) is 12.6. The molecule has 110 valence electrons. The number of halogens is 2. The topological polar surface area (TPSA) is 70.3 Å². The first-order chi connectivity index (χ1) is 10.5. The van der Waals surface area contributed by atoms with Crippen LogP contribution in [0.25, 0.3) is 6.08 Å². The van der Waals surface area contributed by atoms with E-state index in [-0.39, 0.29) is 5.57 Å². The SMILES string of the molecule is N#C/C(=C\c1cccc(Oc2ccc(Cl)c(Cl)c2)c1)C(=O)O. The first kappa shape index (κ1) is 15.9. The van der Waals surface area contributed by atoms with Crippen molar-refractivity contribution < 1.29 is 14.6 Å². The summed E-state index contributed by atoms with van der Waals surface area (Å²) in [5, 5.41) is 18.4. The third-order valence-electron chi connectivity index (χ3n) is 2.65. The minimum absolute atomic E-state index is 0.355. The van der Waals surface area contributed by atoms with Crippen LogP contribution in [0, 0.1) is 11.3 Å². The van der Waals surface area contributed by atoms with Gasteiger partial charge in [-0.3, -0.25) is 0 Å². The van der Waals surface area contributed by atoms with Crippen molar-refractivity contribution in [3.8, 4) is 17.6 Å². The molecule has 0 saturated heterocycles. The summed E-state index contributed by atoms with van der Waals surface area (Å²) < 4.78 is 5.63. The number of rotatable bonds is 4. The van der Waals surface area contributed by atoms with Gasteiger partial charge < -0.3 is 9.84 Å². The van der Waals surface area contributed by atoms with Crippen LogP contribution < -0.4 is 4.74 Å². The van der Waals surface area contributed by atoms with Crippen LogP contribution >= 0.6 is 23.2 Å². The Hall–Kier alpha value is -2.48. The molecule has 0 aromatic heterocycles. The largest absolute Gasteiger partial charge is 0.477 e. The summed E-state index contributed by atoms with van der Waals surface area (Å²) in [5.41, 5.74) is 0.184. The molecule has 0 aliphatic rings. The van der Waals surface area contributed by atoms with Crippen LogP contribution in [0.4, 0.5) is 0 Å². The molecule has 0 amide bonds. The Morgan fingerprint density at radius 3 is 2.50 bits per heavy atom. The molecule has 0 unspecified atom stereocenters. The van der Waals surface area contributed by atoms with E-state index in [1.54, 1.807) is 48.5 Å². The average Bonchev–Trinajstić information content (AvgIpc) is 2.49. The Labute approximate surface area is 136 Å². The summed E-state index contributed by atoms with van der Waals surface area (Å²) in [5.74, 6) is -0.303. The number of carboxylic acids is 1. The van der Waals surface area contributed by atoms with Gasteiger partial charge in [-0.1, -0.05) is 35.3 Å². The van der Waals surface area contributed by atoms with Crippen molar-refractivity contribution in [2.45, 2.75) is 0 Å². The molecule has 0 aliphatic heterocycles. The van der Waals surface area contributed by atoms with Crippen molar-refractivity contribution in [2.24, 2.45) is 0 Å². The Morgan fingerprint density at radius 2 is 1.86 bits per heavy atom. The van der Waals surface area contributed by atoms with Crippen molar-refractivity contribution in [2.75, 3.05) is 0 Å². The molecule has 0 bridgehead atoms. The van der Waals surface area contributed by atoms with Crippen molar-refractivity contribution in [1.29, 1.82) is 5.26 Å². The Bertz CT molecular complexity index is 794. The monoisotopic (exact) mass is 333 g/mol. The molecule has 0 aliphatic carbocycles. The first-order valence-electron chi connectivity index (χ1n) is 6.07. The van der Waals surface area contributed by atoms with Gasteiger partial charge in [-0.2, -0.15) is 5.26 Å². The van der Waals surface area contributed by atoms with Crippen LogP contribution in [-0.4, -0.2) is 11.1 Å². The highest BCUT2D eigenvalue weighted by molar-refractivity contribution is 6.42. The fourth-order valence-corrected chi connectivity index (χ4v) is 1.94. The van der Waals surface area contributed by atoms with Crippen LogP contribution in [0.3, 0.4) is 0 Å². The molecule has 0 saturated carbocycles. The fourth-order valence-electron chi connectivity index (χ4n) is 1.65. The van der Waals surface area contributed by atoms with Gasteiger partial charge in [0.1, 0.15) is 23.1 Å². The molecule has 6 heteroatoms. The summed E-state index contributed by atoms with van der Waals surface area (Å²) in [4.78, 5) is 10.8. The van der Waals surface area contributed by atoms with Crippen LogP contribution in [0.5, 0.6) is 11.5 Å². The van der Waals surface area contributed by atoms with E-state index in [2.05, 4.69) is 0 Å². The second-order valence-electron chi connectivity index (χ2n) is 4.23. The summed E-state index contributed by atoms with van der Waals surface area (Å²) in [6.45, 7) is 0. The summed E-state index contributed by atoms with van der Waals surface area (Å²) in [7, 11) is 0. The number of carbonyl (C=O) groups is 1. The maximum absolute atomic E-state index is 10.8. The molecular weight excluding hydrogens is 325 g/mol. The highest BCUT2D eigenvalue weighted by Gasteiger charge is 2.07. The minimum atomic E-state index is -1.28. The van der Waals surface area contributed by atoms with Gasteiger partial charge in [0.05, 0.1) is 10.0 Å². The second kappa shape index (κ2) is 6.99. The van der Waals surface area contributed by atoms with Gasteiger partial charge in [-0.05, 0) is 35.9 Å². The standard InChI is InChI=1S/C16H9Cl2NO3/c17-14-5-4-13(8-15(14)18)22-12-3-1-2-10(7-12)6-11(9-19)16(20)21/h1-8H,(H,20,21)/b11-6+. The second-order valence-corrected chi connectivity index (χ2v) is 5.04. The van der Waals surface area contributed by atoms with Crippen molar-refractivity contribution in [1.82, 2.24) is 0 Å². The number of hydrogen-bond donors (Lipinski definition) is 1. The van der Waals surface area contributed by atoms with Gasteiger partial charge in [-0.15, -0.1) is 0 Å².